The molecule has 0 saturated heterocycles. The molecule has 0 bridgehead atoms. The summed E-state index contributed by atoms with van der Waals surface area (Å²) >= 11 is 1.46. The monoisotopic (exact) mass is 476 g/mol. The van der Waals surface area contributed by atoms with Gasteiger partial charge < -0.3 is 15.5 Å². The van der Waals surface area contributed by atoms with E-state index in [4.69, 9.17) is 10.1 Å². The fraction of sp³-hybridized carbons (Fsp3) is 0.346. The van der Waals surface area contributed by atoms with Crippen LogP contribution in [0.4, 0.5) is 16.6 Å². The van der Waals surface area contributed by atoms with Crippen molar-refractivity contribution in [3.63, 3.8) is 0 Å². The quantitative estimate of drug-likeness (QED) is 0.375. The summed E-state index contributed by atoms with van der Waals surface area (Å²) in [7, 11) is 1.87. The number of amides is 1. The van der Waals surface area contributed by atoms with Gasteiger partial charge in [0.25, 0.3) is 0 Å². The lowest BCUT2D eigenvalue weighted by molar-refractivity contribution is -0.114. The van der Waals surface area contributed by atoms with E-state index in [1.165, 1.54) is 16.9 Å². The second kappa shape index (κ2) is 9.10. The normalized spacial score (nSPS) is 11.6. The third-order valence-electron chi connectivity index (χ3n) is 5.39. The number of imidazole rings is 1. The number of aromatic nitrogens is 3. The second-order valence-corrected chi connectivity index (χ2v) is 10.8. The molecule has 34 heavy (non-hydrogen) atoms. The summed E-state index contributed by atoms with van der Waals surface area (Å²) in [6.07, 6.45) is 0. The molecule has 2 N–H and O–H groups in total. The molecule has 2 aromatic carbocycles. The zero-order chi connectivity index (χ0) is 24.6. The molecule has 0 aliphatic heterocycles. The summed E-state index contributed by atoms with van der Waals surface area (Å²) in [6.45, 7) is 12.6. The number of benzene rings is 2. The zero-order valence-electron chi connectivity index (χ0n) is 20.9. The molecule has 8 heteroatoms. The van der Waals surface area contributed by atoms with Gasteiger partial charge in [-0.15, -0.1) is 5.10 Å². The maximum atomic E-state index is 12.7. The lowest BCUT2D eigenvalue weighted by Gasteiger charge is -2.22. The second-order valence-electron chi connectivity index (χ2n) is 9.85. The molecule has 1 amide bonds. The third kappa shape index (κ3) is 5.22. The average Bonchev–Trinajstić information content (AvgIpc) is 3.30. The van der Waals surface area contributed by atoms with Crippen LogP contribution >= 0.6 is 11.3 Å². The van der Waals surface area contributed by atoms with E-state index < -0.39 is 0 Å². The molecule has 0 atom stereocenters. The van der Waals surface area contributed by atoms with Crippen molar-refractivity contribution in [1.82, 2.24) is 14.6 Å². The minimum Gasteiger partial charge on any atom is -0.364 e. The van der Waals surface area contributed by atoms with Crippen LogP contribution in [0.15, 0.2) is 42.5 Å². The van der Waals surface area contributed by atoms with Gasteiger partial charge in [0.05, 0.1) is 6.54 Å². The molecule has 178 valence electrons. The first-order chi connectivity index (χ1) is 16.0. The lowest BCUT2D eigenvalue weighted by atomic mass is 10.1. The Morgan fingerprint density at radius 3 is 2.41 bits per heavy atom. The highest BCUT2D eigenvalue weighted by atomic mass is 32.1. The van der Waals surface area contributed by atoms with Gasteiger partial charge in [-0.2, -0.15) is 4.52 Å². The Hall–Kier alpha value is -3.39. The number of hydrogen-bond acceptors (Lipinski definition) is 6. The predicted molar refractivity (Wildman–Crippen MR) is 142 cm³/mol. The van der Waals surface area contributed by atoms with Crippen molar-refractivity contribution in [3.8, 4) is 11.3 Å². The SMILES string of the molecule is Cc1ccc(-c2nc3sc(N(C)CC(=O)Nc4cc(C)ccc4C)nn3c2NC(C)(C)C)cc1. The van der Waals surface area contributed by atoms with E-state index in [0.29, 0.717) is 0 Å². The number of carbonyl (C=O) groups excluding carboxylic acids is 1. The molecule has 2 aromatic heterocycles. The maximum absolute atomic E-state index is 12.7. The van der Waals surface area contributed by atoms with Gasteiger partial charge in [0.1, 0.15) is 5.69 Å². The summed E-state index contributed by atoms with van der Waals surface area (Å²) in [5.41, 5.74) is 5.93. The Balaban J connectivity index is 1.60. The molecular formula is C26H32N6OS. The highest BCUT2D eigenvalue weighted by Crippen LogP contribution is 2.34. The summed E-state index contributed by atoms with van der Waals surface area (Å²) in [4.78, 5) is 20.3. The van der Waals surface area contributed by atoms with Crippen LogP contribution in [-0.4, -0.2) is 39.6 Å². The number of fused-ring (bicyclic) bond motifs is 1. The summed E-state index contributed by atoms with van der Waals surface area (Å²) in [5, 5.41) is 12.1. The van der Waals surface area contributed by atoms with Crippen molar-refractivity contribution in [2.75, 3.05) is 29.1 Å². The van der Waals surface area contributed by atoms with Gasteiger partial charge in [-0.1, -0.05) is 53.3 Å². The molecule has 4 aromatic rings. The van der Waals surface area contributed by atoms with Gasteiger partial charge >= 0.3 is 0 Å². The third-order valence-corrected chi connectivity index (χ3v) is 6.41. The highest BCUT2D eigenvalue weighted by molar-refractivity contribution is 7.20. The predicted octanol–water partition coefficient (Wildman–Crippen LogP) is 5.67. The molecule has 2 heterocycles. The summed E-state index contributed by atoms with van der Waals surface area (Å²) in [6, 6.07) is 14.4. The van der Waals surface area contributed by atoms with Crippen LogP contribution in [0.5, 0.6) is 0 Å². The smallest absolute Gasteiger partial charge is 0.243 e. The van der Waals surface area contributed by atoms with Crippen LogP contribution in [0.25, 0.3) is 16.2 Å². The number of aryl methyl sites for hydroxylation is 3. The zero-order valence-corrected chi connectivity index (χ0v) is 21.7. The van der Waals surface area contributed by atoms with Gasteiger partial charge in [-0.25, -0.2) is 4.98 Å². The standard InChI is InChI=1S/C26H32N6OS/c1-16-9-12-19(13-10-16)22-23(29-26(4,5)6)32-24(28-22)34-25(30-32)31(7)15-21(33)27-20-14-17(2)8-11-18(20)3/h8-14,29H,15H2,1-7H3,(H,27,33). The molecule has 0 aliphatic carbocycles. The van der Waals surface area contributed by atoms with E-state index >= 15 is 0 Å². The first-order valence-electron chi connectivity index (χ1n) is 11.3. The molecule has 0 unspecified atom stereocenters. The first kappa shape index (κ1) is 23.8. The van der Waals surface area contributed by atoms with Gasteiger partial charge in [0, 0.05) is 23.8 Å². The Labute approximate surface area is 204 Å². The number of nitrogens with zero attached hydrogens (tertiary/aromatic N) is 4. The Bertz CT molecular complexity index is 1330. The molecule has 0 radical (unpaired) electrons. The number of nitrogens with one attached hydrogen (secondary N) is 2. The Morgan fingerprint density at radius 2 is 1.74 bits per heavy atom. The van der Waals surface area contributed by atoms with Crippen molar-refractivity contribution in [2.24, 2.45) is 0 Å². The molecule has 0 fully saturated rings. The highest BCUT2D eigenvalue weighted by Gasteiger charge is 2.23. The van der Waals surface area contributed by atoms with E-state index in [0.717, 1.165) is 44.0 Å². The number of anilines is 3. The maximum Gasteiger partial charge on any atom is 0.243 e. The Morgan fingerprint density at radius 1 is 1.06 bits per heavy atom. The van der Waals surface area contributed by atoms with E-state index in [2.05, 4.69) is 62.6 Å². The topological polar surface area (TPSA) is 74.6 Å². The molecule has 0 saturated carbocycles. The van der Waals surface area contributed by atoms with E-state index in [1.54, 1.807) is 0 Å². The summed E-state index contributed by atoms with van der Waals surface area (Å²) < 4.78 is 1.85. The van der Waals surface area contributed by atoms with Crippen molar-refractivity contribution in [2.45, 2.75) is 47.1 Å². The van der Waals surface area contributed by atoms with Crippen LogP contribution in [-0.2, 0) is 4.79 Å². The minimum absolute atomic E-state index is 0.0857. The molecule has 4 rings (SSSR count). The fourth-order valence-electron chi connectivity index (χ4n) is 3.62. The summed E-state index contributed by atoms with van der Waals surface area (Å²) in [5.74, 6) is 0.763. The van der Waals surface area contributed by atoms with Crippen LogP contribution in [0.1, 0.15) is 37.5 Å². The van der Waals surface area contributed by atoms with Gasteiger partial charge in [0.15, 0.2) is 5.82 Å². The van der Waals surface area contributed by atoms with E-state index in [-0.39, 0.29) is 18.0 Å². The molecule has 0 spiro atoms. The van der Waals surface area contributed by atoms with Crippen molar-refractivity contribution < 1.29 is 4.79 Å². The van der Waals surface area contributed by atoms with Crippen molar-refractivity contribution >= 4 is 38.8 Å². The average molecular weight is 477 g/mol. The van der Waals surface area contributed by atoms with Crippen LogP contribution in [0, 0.1) is 20.8 Å². The molecule has 0 aliphatic rings. The lowest BCUT2D eigenvalue weighted by Crippen LogP contribution is -2.30. The largest absolute Gasteiger partial charge is 0.364 e. The van der Waals surface area contributed by atoms with Gasteiger partial charge in [-0.05, 0) is 58.7 Å². The van der Waals surface area contributed by atoms with Crippen molar-refractivity contribution in [1.29, 1.82) is 0 Å². The minimum atomic E-state index is -0.170. The van der Waals surface area contributed by atoms with Crippen molar-refractivity contribution in [3.05, 3.63) is 59.2 Å². The van der Waals surface area contributed by atoms with Crippen LogP contribution in [0.2, 0.25) is 0 Å². The number of hydrogen-bond donors (Lipinski definition) is 2. The van der Waals surface area contributed by atoms with Gasteiger partial charge in [0.2, 0.25) is 16.0 Å². The van der Waals surface area contributed by atoms with Crippen LogP contribution < -0.4 is 15.5 Å². The number of carbonyl (C=O) groups is 1. The molecular weight excluding hydrogens is 444 g/mol. The van der Waals surface area contributed by atoms with Gasteiger partial charge in [-0.3, -0.25) is 4.79 Å². The number of likely N-dealkylation sites (N-methyl/N-ethyl adjacent to an activating group) is 1. The first-order valence-corrected chi connectivity index (χ1v) is 12.1. The number of rotatable bonds is 6. The Kier molecular flexibility index (Phi) is 6.36. The van der Waals surface area contributed by atoms with Crippen LogP contribution in [0.3, 0.4) is 0 Å². The molecule has 7 nitrogen and oxygen atoms in total. The van der Waals surface area contributed by atoms with E-state index in [9.17, 15) is 4.79 Å². The fourth-order valence-corrected chi connectivity index (χ4v) is 4.48. The van der Waals surface area contributed by atoms with E-state index in [1.807, 2.05) is 48.5 Å².